The van der Waals surface area contributed by atoms with E-state index in [0.29, 0.717) is 0 Å². The normalized spacial score (nSPS) is 11.9. The SMILES string of the molecule is c1ccc(-c2ccccc2-n2c3ccccc3c3c(-c4ccccc4-n4c5ccccc5c5ccc6c(c7ccccc7n6-c6ccccc6)c54)cccc32)cc1. The van der Waals surface area contributed by atoms with Crippen LogP contribution in [0.1, 0.15) is 0 Å². The van der Waals surface area contributed by atoms with Crippen LogP contribution in [-0.4, -0.2) is 13.7 Å². The van der Waals surface area contributed by atoms with Crippen LogP contribution in [0.25, 0.3) is 105 Å². The van der Waals surface area contributed by atoms with Crippen LogP contribution in [-0.2, 0) is 0 Å². The summed E-state index contributed by atoms with van der Waals surface area (Å²) in [5.74, 6) is 0. The lowest BCUT2D eigenvalue weighted by Gasteiger charge is -2.16. The van der Waals surface area contributed by atoms with Gasteiger partial charge in [0.15, 0.2) is 0 Å². The van der Waals surface area contributed by atoms with Gasteiger partial charge in [-0.25, -0.2) is 0 Å². The van der Waals surface area contributed by atoms with Crippen LogP contribution in [0.2, 0.25) is 0 Å². The highest BCUT2D eigenvalue weighted by Crippen LogP contribution is 2.46. The molecule has 0 atom stereocenters. The van der Waals surface area contributed by atoms with Crippen LogP contribution in [0, 0.1) is 0 Å². The second kappa shape index (κ2) is 12.5. The Labute approximate surface area is 329 Å². The fraction of sp³-hybridized carbons (Fsp3) is 0. The van der Waals surface area contributed by atoms with Crippen molar-refractivity contribution in [2.45, 2.75) is 0 Å². The molecule has 3 heteroatoms. The van der Waals surface area contributed by atoms with Crippen molar-refractivity contribution in [1.29, 1.82) is 0 Å². The quantitative estimate of drug-likeness (QED) is 0.168. The van der Waals surface area contributed by atoms with Crippen LogP contribution in [0.3, 0.4) is 0 Å². The third-order valence-electron chi connectivity index (χ3n) is 11.8. The van der Waals surface area contributed by atoms with Crippen LogP contribution in [0.15, 0.2) is 212 Å². The molecule has 0 bridgehead atoms. The van der Waals surface area contributed by atoms with Crippen LogP contribution < -0.4 is 0 Å². The Morgan fingerprint density at radius 1 is 0.246 bits per heavy atom. The average molecular weight is 726 g/mol. The molecule has 3 aromatic heterocycles. The first kappa shape index (κ1) is 31.7. The average Bonchev–Trinajstić information content (AvgIpc) is 3.93. The molecule has 9 aromatic carbocycles. The minimum Gasteiger partial charge on any atom is -0.309 e. The van der Waals surface area contributed by atoms with E-state index < -0.39 is 0 Å². The van der Waals surface area contributed by atoms with Gasteiger partial charge in [0, 0.05) is 49.1 Å². The Kier molecular flexibility index (Phi) is 6.93. The maximum Gasteiger partial charge on any atom is 0.0641 e. The Hall–Kier alpha value is -7.62. The smallest absolute Gasteiger partial charge is 0.0641 e. The first-order chi connectivity index (χ1) is 28.3. The van der Waals surface area contributed by atoms with Gasteiger partial charge in [-0.1, -0.05) is 158 Å². The van der Waals surface area contributed by atoms with E-state index in [0.717, 1.165) is 11.4 Å². The van der Waals surface area contributed by atoms with E-state index in [-0.39, 0.29) is 0 Å². The van der Waals surface area contributed by atoms with Gasteiger partial charge in [-0.05, 0) is 65.7 Å². The first-order valence-corrected chi connectivity index (χ1v) is 19.6. The molecule has 12 aromatic rings. The van der Waals surface area contributed by atoms with Crippen molar-refractivity contribution in [3.63, 3.8) is 0 Å². The van der Waals surface area contributed by atoms with Crippen LogP contribution >= 0.6 is 0 Å². The lowest BCUT2D eigenvalue weighted by atomic mass is 9.97. The summed E-state index contributed by atoms with van der Waals surface area (Å²) in [5.41, 5.74) is 15.5. The monoisotopic (exact) mass is 725 g/mol. The van der Waals surface area contributed by atoms with E-state index in [4.69, 9.17) is 0 Å². The zero-order valence-corrected chi connectivity index (χ0v) is 31.0. The molecule has 0 aliphatic rings. The first-order valence-electron chi connectivity index (χ1n) is 19.6. The molecule has 0 unspecified atom stereocenters. The maximum atomic E-state index is 2.53. The third kappa shape index (κ3) is 4.60. The molecular formula is C54H35N3. The lowest BCUT2D eigenvalue weighted by molar-refractivity contribution is 1.17. The van der Waals surface area contributed by atoms with Crippen molar-refractivity contribution in [1.82, 2.24) is 13.7 Å². The molecule has 0 aliphatic heterocycles. The van der Waals surface area contributed by atoms with Gasteiger partial charge in [-0.15, -0.1) is 0 Å². The second-order valence-electron chi connectivity index (χ2n) is 14.8. The number of benzene rings is 9. The fourth-order valence-corrected chi connectivity index (χ4v) is 9.54. The second-order valence-corrected chi connectivity index (χ2v) is 14.8. The Bertz CT molecular complexity index is 3510. The molecule has 0 radical (unpaired) electrons. The molecule has 0 saturated heterocycles. The number of rotatable bonds is 5. The number of nitrogens with zero attached hydrogens (tertiary/aromatic N) is 3. The molecule has 0 saturated carbocycles. The summed E-state index contributed by atoms with van der Waals surface area (Å²) in [4.78, 5) is 0. The summed E-state index contributed by atoms with van der Waals surface area (Å²) < 4.78 is 7.41. The topological polar surface area (TPSA) is 14.8 Å². The van der Waals surface area contributed by atoms with Crippen molar-refractivity contribution in [2.75, 3.05) is 0 Å². The summed E-state index contributed by atoms with van der Waals surface area (Å²) in [7, 11) is 0. The summed E-state index contributed by atoms with van der Waals surface area (Å²) in [5, 5.41) is 7.46. The molecule has 57 heavy (non-hydrogen) atoms. The van der Waals surface area contributed by atoms with Crippen molar-refractivity contribution < 1.29 is 0 Å². The lowest BCUT2D eigenvalue weighted by Crippen LogP contribution is -1.99. The highest BCUT2D eigenvalue weighted by Gasteiger charge is 2.24. The van der Waals surface area contributed by atoms with Gasteiger partial charge in [0.25, 0.3) is 0 Å². The Morgan fingerprint density at radius 3 is 1.47 bits per heavy atom. The molecular weight excluding hydrogens is 691 g/mol. The van der Waals surface area contributed by atoms with Gasteiger partial charge in [0.1, 0.15) is 0 Å². The van der Waals surface area contributed by atoms with Crippen molar-refractivity contribution >= 4 is 65.4 Å². The zero-order valence-electron chi connectivity index (χ0n) is 31.0. The number of hydrogen-bond donors (Lipinski definition) is 0. The highest BCUT2D eigenvalue weighted by molar-refractivity contribution is 6.26. The van der Waals surface area contributed by atoms with E-state index >= 15 is 0 Å². The number of aromatic nitrogens is 3. The maximum absolute atomic E-state index is 2.53. The van der Waals surface area contributed by atoms with Gasteiger partial charge < -0.3 is 13.7 Å². The van der Waals surface area contributed by atoms with Crippen molar-refractivity contribution in [2.24, 2.45) is 0 Å². The molecule has 0 spiro atoms. The van der Waals surface area contributed by atoms with Gasteiger partial charge in [0.05, 0.1) is 44.5 Å². The molecule has 266 valence electrons. The largest absolute Gasteiger partial charge is 0.309 e. The summed E-state index contributed by atoms with van der Waals surface area (Å²) in [6, 6.07) is 77.3. The van der Waals surface area contributed by atoms with Crippen molar-refractivity contribution in [3.8, 4) is 39.3 Å². The molecule has 0 fully saturated rings. The zero-order chi connectivity index (χ0) is 37.5. The van der Waals surface area contributed by atoms with E-state index in [9.17, 15) is 0 Å². The molecule has 3 nitrogen and oxygen atoms in total. The number of fused-ring (bicyclic) bond motifs is 10. The predicted molar refractivity (Wildman–Crippen MR) is 240 cm³/mol. The van der Waals surface area contributed by atoms with E-state index in [2.05, 4.69) is 226 Å². The van der Waals surface area contributed by atoms with Gasteiger partial charge in [0.2, 0.25) is 0 Å². The van der Waals surface area contributed by atoms with E-state index in [1.165, 1.54) is 93.4 Å². The molecule has 0 amide bonds. The summed E-state index contributed by atoms with van der Waals surface area (Å²) >= 11 is 0. The molecule has 3 heterocycles. The van der Waals surface area contributed by atoms with E-state index in [1.807, 2.05) is 0 Å². The molecule has 0 N–H and O–H groups in total. The fourth-order valence-electron chi connectivity index (χ4n) is 9.54. The van der Waals surface area contributed by atoms with Gasteiger partial charge in [-0.2, -0.15) is 0 Å². The van der Waals surface area contributed by atoms with Gasteiger partial charge >= 0.3 is 0 Å². The third-order valence-corrected chi connectivity index (χ3v) is 11.8. The van der Waals surface area contributed by atoms with Crippen molar-refractivity contribution in [3.05, 3.63) is 212 Å². The van der Waals surface area contributed by atoms with Crippen LogP contribution in [0.4, 0.5) is 0 Å². The Balaban J connectivity index is 1.19. The number of para-hydroxylation sites is 6. The predicted octanol–water partition coefficient (Wildman–Crippen LogP) is 14.3. The summed E-state index contributed by atoms with van der Waals surface area (Å²) in [6.45, 7) is 0. The van der Waals surface area contributed by atoms with Gasteiger partial charge in [-0.3, -0.25) is 0 Å². The van der Waals surface area contributed by atoms with E-state index in [1.54, 1.807) is 0 Å². The molecule has 12 rings (SSSR count). The Morgan fingerprint density at radius 2 is 0.737 bits per heavy atom. The summed E-state index contributed by atoms with van der Waals surface area (Å²) in [6.07, 6.45) is 0. The van der Waals surface area contributed by atoms with Crippen LogP contribution in [0.5, 0.6) is 0 Å². The highest BCUT2D eigenvalue weighted by atomic mass is 15.0. The standard InChI is InChI=1S/C54H35N3/c1-3-18-36(19-4-1)38-22-7-12-28-45(38)56-49-32-16-10-25-43(49)52-41(27-17-33-50(52)56)39-23-8-13-29-46(39)57-47-30-14-9-24-40(47)42-34-35-51-53(54(42)57)44-26-11-15-31-48(44)55(51)37-20-5-2-6-21-37/h1-35H. The minimum absolute atomic E-state index is 1.15. The molecule has 0 aliphatic carbocycles. The number of hydrogen-bond acceptors (Lipinski definition) is 0. The minimum atomic E-state index is 1.15.